The number of carbonyl (C=O) groups excluding carboxylic acids is 2. The van der Waals surface area contributed by atoms with Crippen LogP contribution in [0.25, 0.3) is 0 Å². The first-order valence-electron chi connectivity index (χ1n) is 9.23. The van der Waals surface area contributed by atoms with Gasteiger partial charge in [0.25, 0.3) is 5.91 Å². The Labute approximate surface area is 181 Å². The van der Waals surface area contributed by atoms with Gasteiger partial charge in [-0.2, -0.15) is 0 Å². The van der Waals surface area contributed by atoms with Crippen LogP contribution in [0.1, 0.15) is 23.7 Å². The molecule has 0 radical (unpaired) electrons. The van der Waals surface area contributed by atoms with Crippen molar-refractivity contribution in [2.45, 2.75) is 19.4 Å². The lowest BCUT2D eigenvalue weighted by Crippen LogP contribution is -2.47. The van der Waals surface area contributed by atoms with Crippen LogP contribution in [0.4, 0.5) is 11.4 Å². The van der Waals surface area contributed by atoms with Gasteiger partial charge >= 0.3 is 0 Å². The van der Waals surface area contributed by atoms with Crippen molar-refractivity contribution >= 4 is 44.8 Å². The van der Waals surface area contributed by atoms with Gasteiger partial charge in [-0.1, -0.05) is 42.8 Å². The average molecular weight is 450 g/mol. The molecule has 0 spiro atoms. The topological polar surface area (TPSA) is 95.6 Å². The van der Waals surface area contributed by atoms with Crippen molar-refractivity contribution in [2.24, 2.45) is 0 Å². The Balaban J connectivity index is 2.38. The van der Waals surface area contributed by atoms with Crippen LogP contribution in [0.3, 0.4) is 0 Å². The number of nitrogens with zero attached hydrogens (tertiary/aromatic N) is 1. The standard InChI is InChI=1S/C21H24ClN3O4S/c1-4-13-23-20(26)17-11-6-7-12-18(17)24-21(27)19(5-2)25(30(3,28)29)16-10-8-9-15(22)14-16/h4,6-12,14,19H,1,5,13H2,2-3H3,(H,23,26)(H,24,27)/t19-/m0/s1. The molecule has 0 unspecified atom stereocenters. The summed E-state index contributed by atoms with van der Waals surface area (Å²) in [5, 5.41) is 5.69. The first kappa shape index (κ1) is 23.4. The first-order chi connectivity index (χ1) is 14.2. The van der Waals surface area contributed by atoms with Crippen LogP contribution in [0, 0.1) is 0 Å². The van der Waals surface area contributed by atoms with Crippen LogP contribution in [-0.2, 0) is 14.8 Å². The molecule has 9 heteroatoms. The summed E-state index contributed by atoms with van der Waals surface area (Å²) >= 11 is 6.02. The highest BCUT2D eigenvalue weighted by Gasteiger charge is 2.32. The highest BCUT2D eigenvalue weighted by Crippen LogP contribution is 2.26. The number of carbonyl (C=O) groups is 2. The van der Waals surface area contributed by atoms with Gasteiger partial charge in [0.05, 0.1) is 23.2 Å². The number of halogens is 1. The molecular weight excluding hydrogens is 426 g/mol. The maximum atomic E-state index is 13.1. The third kappa shape index (κ3) is 5.84. The monoisotopic (exact) mass is 449 g/mol. The van der Waals surface area contributed by atoms with Crippen LogP contribution >= 0.6 is 11.6 Å². The third-order valence-electron chi connectivity index (χ3n) is 4.23. The normalized spacial score (nSPS) is 12.0. The first-order valence-corrected chi connectivity index (χ1v) is 11.5. The number of sulfonamides is 1. The van der Waals surface area contributed by atoms with Crippen LogP contribution < -0.4 is 14.9 Å². The van der Waals surface area contributed by atoms with Gasteiger partial charge in [0.2, 0.25) is 15.9 Å². The number of benzene rings is 2. The van der Waals surface area contributed by atoms with Gasteiger partial charge in [0, 0.05) is 11.6 Å². The summed E-state index contributed by atoms with van der Waals surface area (Å²) in [5.41, 5.74) is 0.822. The average Bonchev–Trinajstić information content (AvgIpc) is 2.69. The van der Waals surface area contributed by atoms with E-state index < -0.39 is 22.0 Å². The maximum Gasteiger partial charge on any atom is 0.253 e. The zero-order valence-corrected chi connectivity index (χ0v) is 18.3. The van der Waals surface area contributed by atoms with Gasteiger partial charge in [0.15, 0.2) is 0 Å². The Bertz CT molecular complexity index is 1040. The number of anilines is 2. The summed E-state index contributed by atoms with van der Waals surface area (Å²) in [6.07, 6.45) is 2.78. The number of hydrogen-bond acceptors (Lipinski definition) is 4. The molecule has 0 aromatic heterocycles. The zero-order chi connectivity index (χ0) is 22.3. The van der Waals surface area contributed by atoms with Crippen LogP contribution in [0.5, 0.6) is 0 Å². The summed E-state index contributed by atoms with van der Waals surface area (Å²) in [6.45, 7) is 5.53. The van der Waals surface area contributed by atoms with E-state index >= 15 is 0 Å². The van der Waals surface area contributed by atoms with E-state index in [1.54, 1.807) is 55.5 Å². The summed E-state index contributed by atoms with van der Waals surface area (Å²) in [5.74, 6) is -0.944. The van der Waals surface area contributed by atoms with Gasteiger partial charge in [-0.15, -0.1) is 6.58 Å². The molecule has 1 atom stereocenters. The molecule has 160 valence electrons. The Morgan fingerprint density at radius 2 is 1.90 bits per heavy atom. The number of amides is 2. The fraction of sp³-hybridized carbons (Fsp3) is 0.238. The summed E-state index contributed by atoms with van der Waals surface area (Å²) in [6, 6.07) is 11.7. The Morgan fingerprint density at radius 1 is 1.20 bits per heavy atom. The molecule has 0 saturated carbocycles. The second-order valence-electron chi connectivity index (χ2n) is 6.50. The Morgan fingerprint density at radius 3 is 2.50 bits per heavy atom. The maximum absolute atomic E-state index is 13.1. The summed E-state index contributed by atoms with van der Waals surface area (Å²) < 4.78 is 26.1. The van der Waals surface area contributed by atoms with Crippen LogP contribution in [0.15, 0.2) is 61.2 Å². The van der Waals surface area contributed by atoms with E-state index in [4.69, 9.17) is 11.6 Å². The molecule has 2 amide bonds. The number of para-hydroxylation sites is 1. The van der Waals surface area contributed by atoms with Crippen molar-refractivity contribution in [2.75, 3.05) is 22.4 Å². The van der Waals surface area contributed by atoms with Gasteiger partial charge in [0.1, 0.15) is 6.04 Å². The predicted octanol–water partition coefficient (Wildman–Crippen LogP) is 3.44. The second kappa shape index (κ2) is 10.3. The molecule has 2 aromatic carbocycles. The van der Waals surface area contributed by atoms with Gasteiger partial charge in [-0.3, -0.25) is 13.9 Å². The molecule has 2 N–H and O–H groups in total. The van der Waals surface area contributed by atoms with E-state index in [1.807, 2.05) is 0 Å². The van der Waals surface area contributed by atoms with E-state index in [2.05, 4.69) is 17.2 Å². The third-order valence-corrected chi connectivity index (χ3v) is 5.64. The summed E-state index contributed by atoms with van der Waals surface area (Å²) in [4.78, 5) is 25.4. The molecule has 0 fully saturated rings. The minimum absolute atomic E-state index is 0.205. The van der Waals surface area contributed by atoms with Crippen molar-refractivity contribution in [3.63, 3.8) is 0 Å². The lowest BCUT2D eigenvalue weighted by molar-refractivity contribution is -0.117. The number of rotatable bonds is 9. The lowest BCUT2D eigenvalue weighted by atomic mass is 10.1. The highest BCUT2D eigenvalue weighted by atomic mass is 35.5. The van der Waals surface area contributed by atoms with E-state index in [0.29, 0.717) is 5.02 Å². The molecule has 2 rings (SSSR count). The van der Waals surface area contributed by atoms with Crippen LogP contribution in [-0.4, -0.2) is 39.1 Å². The quantitative estimate of drug-likeness (QED) is 0.573. The molecule has 0 aliphatic heterocycles. The van der Waals surface area contributed by atoms with Crippen molar-refractivity contribution in [3.8, 4) is 0 Å². The molecular formula is C21H24ClN3O4S. The molecule has 0 saturated heterocycles. The molecule has 2 aromatic rings. The van der Waals surface area contributed by atoms with Crippen LogP contribution in [0.2, 0.25) is 5.02 Å². The molecule has 30 heavy (non-hydrogen) atoms. The number of nitrogens with one attached hydrogen (secondary N) is 2. The largest absolute Gasteiger partial charge is 0.349 e. The Kier molecular flexibility index (Phi) is 8.02. The smallest absolute Gasteiger partial charge is 0.253 e. The minimum Gasteiger partial charge on any atom is -0.349 e. The van der Waals surface area contributed by atoms with Crippen molar-refractivity contribution < 1.29 is 18.0 Å². The highest BCUT2D eigenvalue weighted by molar-refractivity contribution is 7.92. The predicted molar refractivity (Wildman–Crippen MR) is 120 cm³/mol. The molecule has 0 aliphatic carbocycles. The zero-order valence-electron chi connectivity index (χ0n) is 16.8. The Hall–Kier alpha value is -2.84. The second-order valence-corrected chi connectivity index (χ2v) is 8.79. The SMILES string of the molecule is C=CCNC(=O)c1ccccc1NC(=O)[C@H](CC)N(c1cccc(Cl)c1)S(C)(=O)=O. The van der Waals surface area contributed by atoms with Gasteiger partial charge in [-0.25, -0.2) is 8.42 Å². The fourth-order valence-corrected chi connectivity index (χ4v) is 4.33. The summed E-state index contributed by atoms with van der Waals surface area (Å²) in [7, 11) is -3.80. The van der Waals surface area contributed by atoms with E-state index in [1.165, 1.54) is 6.07 Å². The van der Waals surface area contributed by atoms with Gasteiger partial charge in [-0.05, 0) is 36.8 Å². The van der Waals surface area contributed by atoms with Crippen molar-refractivity contribution in [1.82, 2.24) is 5.32 Å². The van der Waals surface area contributed by atoms with E-state index in [9.17, 15) is 18.0 Å². The molecule has 0 bridgehead atoms. The molecule has 0 aliphatic rings. The molecule has 7 nitrogen and oxygen atoms in total. The van der Waals surface area contributed by atoms with Crippen molar-refractivity contribution in [1.29, 1.82) is 0 Å². The van der Waals surface area contributed by atoms with E-state index in [0.717, 1.165) is 10.6 Å². The number of hydrogen-bond donors (Lipinski definition) is 2. The van der Waals surface area contributed by atoms with E-state index in [-0.39, 0.29) is 35.8 Å². The lowest BCUT2D eigenvalue weighted by Gasteiger charge is -2.30. The fourth-order valence-electron chi connectivity index (χ4n) is 2.94. The van der Waals surface area contributed by atoms with Crippen molar-refractivity contribution in [3.05, 3.63) is 71.8 Å². The van der Waals surface area contributed by atoms with Gasteiger partial charge < -0.3 is 10.6 Å². The molecule has 0 heterocycles. The minimum atomic E-state index is -3.80.